The van der Waals surface area contributed by atoms with Gasteiger partial charge >= 0.3 is 5.97 Å². The van der Waals surface area contributed by atoms with E-state index in [4.69, 9.17) is 0 Å². The minimum absolute atomic E-state index is 0. The van der Waals surface area contributed by atoms with Crippen LogP contribution in [-0.4, -0.2) is 22.6 Å². The zero-order valence-electron chi connectivity index (χ0n) is 10.5. The van der Waals surface area contributed by atoms with Gasteiger partial charge in [0.25, 0.3) is 0 Å². The molecule has 0 spiro atoms. The summed E-state index contributed by atoms with van der Waals surface area (Å²) in [5, 5.41) is 0. The maximum Gasteiger partial charge on any atom is 0.356 e. The molecule has 0 N–H and O–H groups in total. The maximum atomic E-state index is 12.9. The zero-order chi connectivity index (χ0) is 13.1. The Morgan fingerprint density at radius 1 is 1.37 bits per heavy atom. The van der Waals surface area contributed by atoms with Gasteiger partial charge in [-0.25, -0.2) is 14.2 Å². The normalized spacial score (nSPS) is 11.5. The van der Waals surface area contributed by atoms with Crippen LogP contribution in [0.1, 0.15) is 29.0 Å². The molecule has 4 nitrogen and oxygen atoms in total. The summed E-state index contributed by atoms with van der Waals surface area (Å²) in [4.78, 5) is 15.5. The van der Waals surface area contributed by atoms with E-state index in [1.54, 1.807) is 23.0 Å². The molecule has 2 rings (SSSR count). The smallest absolute Gasteiger partial charge is 0.356 e. The van der Waals surface area contributed by atoms with Gasteiger partial charge in [-0.05, 0) is 24.6 Å². The third-order valence-corrected chi connectivity index (χ3v) is 2.83. The molecule has 19 heavy (non-hydrogen) atoms. The standard InChI is InChI=1S/C13H13FN2O2.ClH/c1-9(10-3-5-11(14)6-4-10)16-8-15-7-12(16)13(17)18-2;/h3-9H,1-2H3;1H. The van der Waals surface area contributed by atoms with Gasteiger partial charge in [0, 0.05) is 0 Å². The number of aromatic nitrogens is 2. The predicted octanol–water partition coefficient (Wildman–Crippen LogP) is 2.84. The second-order valence-corrected chi connectivity index (χ2v) is 3.91. The summed E-state index contributed by atoms with van der Waals surface area (Å²) < 4.78 is 19.2. The van der Waals surface area contributed by atoms with E-state index < -0.39 is 5.97 Å². The van der Waals surface area contributed by atoms with Crippen LogP contribution in [0.25, 0.3) is 0 Å². The Morgan fingerprint density at radius 3 is 2.58 bits per heavy atom. The van der Waals surface area contributed by atoms with Crippen molar-refractivity contribution in [3.8, 4) is 0 Å². The molecule has 0 fully saturated rings. The molecule has 6 heteroatoms. The molecule has 1 unspecified atom stereocenters. The zero-order valence-corrected chi connectivity index (χ0v) is 11.4. The summed E-state index contributed by atoms with van der Waals surface area (Å²) in [7, 11) is 1.32. The van der Waals surface area contributed by atoms with E-state index in [0.29, 0.717) is 5.69 Å². The number of hydrogen-bond donors (Lipinski definition) is 0. The molecule has 1 atom stereocenters. The number of rotatable bonds is 3. The van der Waals surface area contributed by atoms with Crippen LogP contribution in [0.15, 0.2) is 36.8 Å². The van der Waals surface area contributed by atoms with Gasteiger partial charge in [0.15, 0.2) is 0 Å². The van der Waals surface area contributed by atoms with E-state index in [1.807, 2.05) is 6.92 Å². The van der Waals surface area contributed by atoms with Gasteiger partial charge in [-0.15, -0.1) is 12.4 Å². The lowest BCUT2D eigenvalue weighted by Gasteiger charge is -2.15. The number of methoxy groups -OCH3 is 1. The van der Waals surface area contributed by atoms with Gasteiger partial charge in [0.2, 0.25) is 0 Å². The van der Waals surface area contributed by atoms with Gasteiger partial charge in [0.05, 0.1) is 25.7 Å². The van der Waals surface area contributed by atoms with Gasteiger partial charge < -0.3 is 9.30 Å². The van der Waals surface area contributed by atoms with E-state index in [-0.39, 0.29) is 24.3 Å². The molecule has 0 aliphatic rings. The Morgan fingerprint density at radius 2 is 2.00 bits per heavy atom. The number of ether oxygens (including phenoxy) is 1. The molecule has 0 amide bonds. The summed E-state index contributed by atoms with van der Waals surface area (Å²) in [6, 6.07) is 6.02. The van der Waals surface area contributed by atoms with E-state index in [0.717, 1.165) is 5.56 Å². The maximum absolute atomic E-state index is 12.9. The lowest BCUT2D eigenvalue weighted by Crippen LogP contribution is -2.14. The minimum Gasteiger partial charge on any atom is -0.464 e. The van der Waals surface area contributed by atoms with Gasteiger partial charge in [-0.1, -0.05) is 12.1 Å². The lowest BCUT2D eigenvalue weighted by atomic mass is 10.1. The second-order valence-electron chi connectivity index (χ2n) is 3.91. The topological polar surface area (TPSA) is 44.1 Å². The van der Waals surface area contributed by atoms with Crippen molar-refractivity contribution in [1.29, 1.82) is 0 Å². The van der Waals surface area contributed by atoms with Crippen LogP contribution in [0.5, 0.6) is 0 Å². The van der Waals surface area contributed by atoms with Crippen LogP contribution < -0.4 is 0 Å². The number of imidazole rings is 1. The van der Waals surface area contributed by atoms with Crippen LogP contribution in [0.4, 0.5) is 4.39 Å². The molecule has 2 aromatic rings. The fourth-order valence-electron chi connectivity index (χ4n) is 1.78. The van der Waals surface area contributed by atoms with Crippen molar-refractivity contribution in [3.63, 3.8) is 0 Å². The summed E-state index contributed by atoms with van der Waals surface area (Å²) >= 11 is 0. The molecule has 1 aromatic heterocycles. The van der Waals surface area contributed by atoms with Crippen molar-refractivity contribution in [2.45, 2.75) is 13.0 Å². The molecule has 0 aliphatic heterocycles. The second kappa shape index (κ2) is 6.33. The van der Waals surface area contributed by atoms with Crippen LogP contribution in [0.3, 0.4) is 0 Å². The Bertz CT molecular complexity index is 554. The first-order valence-corrected chi connectivity index (χ1v) is 5.49. The minimum atomic E-state index is -0.443. The van der Waals surface area contributed by atoms with Crippen molar-refractivity contribution in [2.24, 2.45) is 0 Å². The van der Waals surface area contributed by atoms with E-state index >= 15 is 0 Å². The number of esters is 1. The molecule has 0 aliphatic carbocycles. The molecule has 0 saturated heterocycles. The predicted molar refractivity (Wildman–Crippen MR) is 71.0 cm³/mol. The Kier molecular flexibility index (Phi) is 5.06. The van der Waals surface area contributed by atoms with Gasteiger partial charge in [0.1, 0.15) is 11.5 Å². The first-order valence-electron chi connectivity index (χ1n) is 5.49. The molecule has 0 saturated carbocycles. The van der Waals surface area contributed by atoms with Crippen LogP contribution in [-0.2, 0) is 4.74 Å². The highest BCUT2D eigenvalue weighted by Crippen LogP contribution is 2.20. The van der Waals surface area contributed by atoms with Crippen molar-refractivity contribution in [3.05, 3.63) is 53.9 Å². The fraction of sp³-hybridized carbons (Fsp3) is 0.231. The number of carbonyl (C=O) groups excluding carboxylic acids is 1. The Hall–Kier alpha value is -1.88. The van der Waals surface area contributed by atoms with Crippen molar-refractivity contribution >= 4 is 18.4 Å². The third-order valence-electron chi connectivity index (χ3n) is 2.83. The molecule has 102 valence electrons. The molecular weight excluding hydrogens is 271 g/mol. The third kappa shape index (κ3) is 3.12. The molecule has 0 bridgehead atoms. The first kappa shape index (κ1) is 15.2. The average Bonchev–Trinajstić information content (AvgIpc) is 2.87. The molecule has 1 heterocycles. The van der Waals surface area contributed by atoms with E-state index in [9.17, 15) is 9.18 Å². The highest BCUT2D eigenvalue weighted by Gasteiger charge is 2.17. The molecular formula is C13H14ClFN2O2. The Labute approximate surface area is 116 Å². The van der Waals surface area contributed by atoms with Crippen molar-refractivity contribution in [1.82, 2.24) is 9.55 Å². The van der Waals surface area contributed by atoms with E-state index in [1.165, 1.54) is 25.4 Å². The summed E-state index contributed by atoms with van der Waals surface area (Å²) in [6.07, 6.45) is 3.01. The monoisotopic (exact) mass is 284 g/mol. The number of carbonyl (C=O) groups is 1. The number of halogens is 2. The number of nitrogens with zero attached hydrogens (tertiary/aromatic N) is 2. The van der Waals surface area contributed by atoms with Crippen LogP contribution in [0, 0.1) is 5.82 Å². The van der Waals surface area contributed by atoms with E-state index in [2.05, 4.69) is 9.72 Å². The SMILES string of the molecule is COC(=O)c1cncn1C(C)c1ccc(F)cc1.Cl. The highest BCUT2D eigenvalue weighted by atomic mass is 35.5. The molecule has 1 aromatic carbocycles. The van der Waals surface area contributed by atoms with Gasteiger partial charge in [-0.3, -0.25) is 0 Å². The lowest BCUT2D eigenvalue weighted by molar-refractivity contribution is 0.0587. The summed E-state index contributed by atoms with van der Waals surface area (Å²) in [5.41, 5.74) is 1.26. The highest BCUT2D eigenvalue weighted by molar-refractivity contribution is 5.87. The van der Waals surface area contributed by atoms with Crippen molar-refractivity contribution < 1.29 is 13.9 Å². The van der Waals surface area contributed by atoms with Crippen LogP contribution in [0.2, 0.25) is 0 Å². The van der Waals surface area contributed by atoms with Crippen molar-refractivity contribution in [2.75, 3.05) is 7.11 Å². The van der Waals surface area contributed by atoms with Crippen LogP contribution >= 0.6 is 12.4 Å². The summed E-state index contributed by atoms with van der Waals surface area (Å²) in [5.74, 6) is -0.730. The first-order chi connectivity index (χ1) is 8.63. The summed E-state index contributed by atoms with van der Waals surface area (Å²) in [6.45, 7) is 1.90. The number of benzene rings is 1. The van der Waals surface area contributed by atoms with Gasteiger partial charge in [-0.2, -0.15) is 0 Å². The fourth-order valence-corrected chi connectivity index (χ4v) is 1.78. The largest absolute Gasteiger partial charge is 0.464 e. The average molecular weight is 285 g/mol. The quantitative estimate of drug-likeness (QED) is 0.814. The molecule has 0 radical (unpaired) electrons. The Balaban J connectivity index is 0.00000180. The number of hydrogen-bond acceptors (Lipinski definition) is 3.